The van der Waals surface area contributed by atoms with Crippen LogP contribution in [-0.2, 0) is 18.3 Å². The highest BCUT2D eigenvalue weighted by Gasteiger charge is 2.14. The minimum atomic E-state index is 0.513. The average molecular weight is 306 g/mol. The molecule has 0 atom stereocenters. The fraction of sp³-hybridized carbons (Fsp3) is 0.706. The normalized spacial score (nSPS) is 16.2. The molecule has 124 valence electrons. The van der Waals surface area contributed by atoms with Crippen molar-refractivity contribution in [3.63, 3.8) is 0 Å². The second kappa shape index (κ2) is 8.83. The van der Waals surface area contributed by atoms with Crippen molar-refractivity contribution in [1.29, 1.82) is 0 Å². The first kappa shape index (κ1) is 16.9. The molecule has 0 unspecified atom stereocenters. The minimum Gasteiger partial charge on any atom is -0.378 e. The largest absolute Gasteiger partial charge is 0.378 e. The Hall–Kier alpha value is -1.49. The van der Waals surface area contributed by atoms with E-state index in [0.29, 0.717) is 6.10 Å². The lowest BCUT2D eigenvalue weighted by molar-refractivity contribution is 0.0573. The molecule has 1 heterocycles. The second-order valence-corrected chi connectivity index (χ2v) is 6.07. The number of aryl methyl sites for hydroxylation is 1. The number of aliphatic imine (C=N–C) groups is 1. The number of aromatic nitrogens is 1. The molecule has 0 saturated heterocycles. The number of hydrogen-bond acceptors (Lipinski definition) is 2. The molecule has 5 nitrogen and oxygen atoms in total. The van der Waals surface area contributed by atoms with Gasteiger partial charge in [0.2, 0.25) is 0 Å². The molecule has 0 bridgehead atoms. The standard InChI is InChI=1S/C17H30N4O/c1-18-17(21(3)14-15-8-6-12-20(15)2)19-11-7-13-22-16-9-4-5-10-16/h6,8,12,16H,4-5,7,9-11,13-14H2,1-3H3,(H,18,19). The van der Waals surface area contributed by atoms with Crippen molar-refractivity contribution >= 4 is 5.96 Å². The molecule has 1 saturated carbocycles. The third-order valence-electron chi connectivity index (χ3n) is 4.28. The van der Waals surface area contributed by atoms with Crippen molar-refractivity contribution in [2.45, 2.75) is 44.8 Å². The van der Waals surface area contributed by atoms with Crippen molar-refractivity contribution in [3.05, 3.63) is 24.0 Å². The van der Waals surface area contributed by atoms with Gasteiger partial charge >= 0.3 is 0 Å². The van der Waals surface area contributed by atoms with Gasteiger partial charge in [-0.05, 0) is 31.4 Å². The Bertz CT molecular complexity index is 463. The van der Waals surface area contributed by atoms with Crippen LogP contribution in [0.2, 0.25) is 0 Å². The number of nitrogens with zero attached hydrogens (tertiary/aromatic N) is 3. The Balaban J connectivity index is 1.64. The van der Waals surface area contributed by atoms with Gasteiger partial charge in [0.15, 0.2) is 5.96 Å². The van der Waals surface area contributed by atoms with Gasteiger partial charge in [0.1, 0.15) is 0 Å². The number of rotatable bonds is 7. The molecule has 0 radical (unpaired) electrons. The predicted molar refractivity (Wildman–Crippen MR) is 91.1 cm³/mol. The number of hydrogen-bond donors (Lipinski definition) is 1. The van der Waals surface area contributed by atoms with Gasteiger partial charge in [-0.3, -0.25) is 4.99 Å². The lowest BCUT2D eigenvalue weighted by Gasteiger charge is -2.22. The number of ether oxygens (including phenoxy) is 1. The predicted octanol–water partition coefficient (Wildman–Crippen LogP) is 2.38. The van der Waals surface area contributed by atoms with Gasteiger partial charge in [0.05, 0.1) is 12.6 Å². The molecule has 5 heteroatoms. The molecule has 1 fully saturated rings. The van der Waals surface area contributed by atoms with E-state index in [1.54, 1.807) is 0 Å². The number of nitrogens with one attached hydrogen (secondary N) is 1. The van der Waals surface area contributed by atoms with E-state index in [2.05, 4.69) is 52.2 Å². The lowest BCUT2D eigenvalue weighted by atomic mass is 10.3. The maximum absolute atomic E-state index is 5.88. The molecule has 1 aliphatic rings. The summed E-state index contributed by atoms with van der Waals surface area (Å²) in [4.78, 5) is 6.50. The maximum atomic E-state index is 5.88. The van der Waals surface area contributed by atoms with E-state index in [-0.39, 0.29) is 0 Å². The summed E-state index contributed by atoms with van der Waals surface area (Å²) in [5.74, 6) is 0.932. The summed E-state index contributed by atoms with van der Waals surface area (Å²) in [5.41, 5.74) is 1.27. The fourth-order valence-electron chi connectivity index (χ4n) is 2.94. The van der Waals surface area contributed by atoms with E-state index in [1.165, 1.54) is 31.4 Å². The molecular weight excluding hydrogens is 276 g/mol. The van der Waals surface area contributed by atoms with Gasteiger partial charge < -0.3 is 19.5 Å². The van der Waals surface area contributed by atoms with Gasteiger partial charge in [-0.1, -0.05) is 12.8 Å². The second-order valence-electron chi connectivity index (χ2n) is 6.07. The third kappa shape index (κ3) is 5.05. The molecule has 0 aliphatic heterocycles. The summed E-state index contributed by atoms with van der Waals surface area (Å²) in [6.07, 6.45) is 8.76. The van der Waals surface area contributed by atoms with Crippen molar-refractivity contribution in [2.24, 2.45) is 12.0 Å². The molecule has 0 spiro atoms. The maximum Gasteiger partial charge on any atom is 0.193 e. The summed E-state index contributed by atoms with van der Waals surface area (Å²) in [7, 11) is 5.97. The first-order valence-corrected chi connectivity index (χ1v) is 8.34. The zero-order valence-electron chi connectivity index (χ0n) is 14.2. The lowest BCUT2D eigenvalue weighted by Crippen LogP contribution is -2.39. The molecule has 1 aromatic heterocycles. The zero-order chi connectivity index (χ0) is 15.8. The Morgan fingerprint density at radius 1 is 1.45 bits per heavy atom. The van der Waals surface area contributed by atoms with Gasteiger partial charge in [0, 0.05) is 46.2 Å². The Morgan fingerprint density at radius 2 is 2.23 bits per heavy atom. The molecular formula is C17H30N4O. The van der Waals surface area contributed by atoms with Crippen LogP contribution in [0.3, 0.4) is 0 Å². The summed E-state index contributed by atoms with van der Waals surface area (Å²) in [6, 6.07) is 4.21. The van der Waals surface area contributed by atoms with E-state index in [4.69, 9.17) is 4.74 Å². The SMILES string of the molecule is CN=C(NCCCOC1CCCC1)N(C)Cc1cccn1C. The Morgan fingerprint density at radius 3 is 2.86 bits per heavy atom. The van der Waals surface area contributed by atoms with Crippen LogP contribution in [0.1, 0.15) is 37.8 Å². The van der Waals surface area contributed by atoms with E-state index < -0.39 is 0 Å². The highest BCUT2D eigenvalue weighted by Crippen LogP contribution is 2.20. The van der Waals surface area contributed by atoms with Crippen LogP contribution in [0.5, 0.6) is 0 Å². The molecule has 1 aliphatic carbocycles. The molecule has 2 rings (SSSR count). The van der Waals surface area contributed by atoms with E-state index in [9.17, 15) is 0 Å². The van der Waals surface area contributed by atoms with Gasteiger partial charge in [-0.2, -0.15) is 0 Å². The molecule has 0 aromatic carbocycles. The summed E-state index contributed by atoms with van der Waals surface area (Å²) >= 11 is 0. The van der Waals surface area contributed by atoms with Crippen molar-refractivity contribution < 1.29 is 4.74 Å². The summed E-state index contributed by atoms with van der Waals surface area (Å²) in [6.45, 7) is 2.59. The van der Waals surface area contributed by atoms with Gasteiger partial charge in [-0.25, -0.2) is 0 Å². The monoisotopic (exact) mass is 306 g/mol. The smallest absolute Gasteiger partial charge is 0.193 e. The van der Waals surface area contributed by atoms with Crippen LogP contribution < -0.4 is 5.32 Å². The Kier molecular flexibility index (Phi) is 6.77. The third-order valence-corrected chi connectivity index (χ3v) is 4.28. The molecule has 1 N–H and O–H groups in total. The van der Waals surface area contributed by atoms with Crippen LogP contribution in [0.25, 0.3) is 0 Å². The van der Waals surface area contributed by atoms with Crippen LogP contribution in [0.4, 0.5) is 0 Å². The topological polar surface area (TPSA) is 41.8 Å². The Labute approximate surface area is 134 Å². The molecule has 0 amide bonds. The summed E-state index contributed by atoms with van der Waals surface area (Å²) in [5, 5.41) is 3.41. The van der Waals surface area contributed by atoms with Crippen LogP contribution >= 0.6 is 0 Å². The number of guanidine groups is 1. The van der Waals surface area contributed by atoms with Crippen LogP contribution in [-0.4, -0.2) is 48.8 Å². The minimum absolute atomic E-state index is 0.513. The molecule has 1 aromatic rings. The van der Waals surface area contributed by atoms with E-state index >= 15 is 0 Å². The fourth-order valence-corrected chi connectivity index (χ4v) is 2.94. The zero-order valence-corrected chi connectivity index (χ0v) is 14.2. The molecule has 22 heavy (non-hydrogen) atoms. The van der Waals surface area contributed by atoms with Gasteiger partial charge in [-0.15, -0.1) is 0 Å². The van der Waals surface area contributed by atoms with Crippen molar-refractivity contribution in [2.75, 3.05) is 27.2 Å². The van der Waals surface area contributed by atoms with Crippen molar-refractivity contribution in [3.8, 4) is 0 Å². The quantitative estimate of drug-likeness (QED) is 0.478. The van der Waals surface area contributed by atoms with Crippen molar-refractivity contribution in [1.82, 2.24) is 14.8 Å². The van der Waals surface area contributed by atoms with Gasteiger partial charge in [0.25, 0.3) is 0 Å². The first-order chi connectivity index (χ1) is 10.7. The van der Waals surface area contributed by atoms with E-state index in [1.807, 2.05) is 7.05 Å². The highest BCUT2D eigenvalue weighted by molar-refractivity contribution is 5.79. The summed E-state index contributed by atoms with van der Waals surface area (Å²) < 4.78 is 8.02. The van der Waals surface area contributed by atoms with E-state index in [0.717, 1.165) is 32.1 Å². The average Bonchev–Trinajstić information content (AvgIpc) is 3.15. The highest BCUT2D eigenvalue weighted by atomic mass is 16.5. The first-order valence-electron chi connectivity index (χ1n) is 8.34. The van der Waals surface area contributed by atoms with Crippen LogP contribution in [0.15, 0.2) is 23.3 Å². The van der Waals surface area contributed by atoms with Crippen LogP contribution in [0, 0.1) is 0 Å².